The molecule has 3 aliphatic rings. The summed E-state index contributed by atoms with van der Waals surface area (Å²) in [4.78, 5) is 22.9. The van der Waals surface area contributed by atoms with Crippen molar-refractivity contribution >= 4 is 33.1 Å². The molecule has 1 aromatic heterocycles. The van der Waals surface area contributed by atoms with Gasteiger partial charge in [-0.2, -0.15) is 0 Å². The summed E-state index contributed by atoms with van der Waals surface area (Å²) in [5.74, 6) is 1.13. The molecule has 9 heteroatoms. The number of carbonyl (C=O) groups is 1. The maximum absolute atomic E-state index is 13.5. The number of β-amino-alcohol motifs (C(OH)–C–C–N with tert-alkyl or cyclic N) is 1. The lowest BCUT2D eigenvalue weighted by Gasteiger charge is -2.34. The first-order valence-electron chi connectivity index (χ1n) is 13.3. The molecule has 8 nitrogen and oxygen atoms in total. The molecule has 2 saturated heterocycles. The van der Waals surface area contributed by atoms with Crippen LogP contribution in [0.15, 0.2) is 41.3 Å². The molecule has 1 atom stereocenters. The van der Waals surface area contributed by atoms with Crippen LogP contribution in [0.2, 0.25) is 0 Å². The smallest absolute Gasteiger partial charge is 0.259 e. The Morgan fingerprint density at radius 3 is 2.43 bits per heavy atom. The molecule has 200 valence electrons. The van der Waals surface area contributed by atoms with Gasteiger partial charge in [0.15, 0.2) is 9.84 Å². The van der Waals surface area contributed by atoms with Crippen molar-refractivity contribution in [3.05, 3.63) is 42.0 Å². The van der Waals surface area contributed by atoms with Gasteiger partial charge in [-0.3, -0.25) is 4.79 Å². The first-order valence-corrected chi connectivity index (χ1v) is 14.9. The standard InChI is InChI=1S/C28H38N4O4S/c1-27(2,3)19-37(35,36)22-6-4-5-20(17-22)29-26(34)23-7-8-24(32-14-9-21(33)18-32)30-25(23)31-15-12-28(10-11-28)13-16-31/h4-8,17,21,33H,9-16,18-19H2,1-3H3,(H,29,34)/t21-/m0/s1. The number of benzene rings is 1. The van der Waals surface area contributed by atoms with Crippen LogP contribution in [0.5, 0.6) is 0 Å². The highest BCUT2D eigenvalue weighted by Crippen LogP contribution is 2.54. The Kier molecular flexibility index (Phi) is 6.73. The number of aliphatic hydroxyl groups excluding tert-OH is 1. The van der Waals surface area contributed by atoms with E-state index in [4.69, 9.17) is 4.98 Å². The van der Waals surface area contributed by atoms with E-state index in [-0.39, 0.29) is 28.1 Å². The minimum Gasteiger partial charge on any atom is -0.391 e. The quantitative estimate of drug-likeness (QED) is 0.584. The summed E-state index contributed by atoms with van der Waals surface area (Å²) < 4.78 is 25.8. The lowest BCUT2D eigenvalue weighted by molar-refractivity contribution is 0.102. The molecule has 1 amide bonds. The fourth-order valence-corrected chi connectivity index (χ4v) is 7.37. The van der Waals surface area contributed by atoms with E-state index in [9.17, 15) is 18.3 Å². The molecule has 2 aromatic rings. The molecule has 1 saturated carbocycles. The van der Waals surface area contributed by atoms with E-state index in [0.717, 1.165) is 38.3 Å². The van der Waals surface area contributed by atoms with Gasteiger partial charge in [-0.05, 0) is 73.3 Å². The Labute approximate surface area is 220 Å². The summed E-state index contributed by atoms with van der Waals surface area (Å²) in [5, 5.41) is 12.9. The van der Waals surface area contributed by atoms with Crippen molar-refractivity contribution in [1.29, 1.82) is 0 Å². The number of carbonyl (C=O) groups excluding carboxylic acids is 1. The van der Waals surface area contributed by atoms with Crippen molar-refractivity contribution in [3.63, 3.8) is 0 Å². The molecule has 1 aromatic carbocycles. The lowest BCUT2D eigenvalue weighted by atomic mass is 9.93. The third-order valence-electron chi connectivity index (χ3n) is 7.75. The van der Waals surface area contributed by atoms with Crippen molar-refractivity contribution in [2.45, 2.75) is 63.9 Å². The number of hydrogen-bond acceptors (Lipinski definition) is 7. The Morgan fingerprint density at radius 2 is 1.81 bits per heavy atom. The number of hydrogen-bond donors (Lipinski definition) is 2. The van der Waals surface area contributed by atoms with Crippen LogP contribution in [0.3, 0.4) is 0 Å². The zero-order valence-corrected chi connectivity index (χ0v) is 22.9. The fourth-order valence-electron chi connectivity index (χ4n) is 5.47. The van der Waals surface area contributed by atoms with E-state index < -0.39 is 9.84 Å². The molecule has 3 fully saturated rings. The normalized spacial score (nSPS) is 21.4. The summed E-state index contributed by atoms with van der Waals surface area (Å²) in [6.07, 6.45) is 5.15. The second-order valence-corrected chi connectivity index (χ2v) is 14.2. The summed E-state index contributed by atoms with van der Waals surface area (Å²) in [7, 11) is -3.49. The van der Waals surface area contributed by atoms with Crippen molar-refractivity contribution < 1.29 is 18.3 Å². The molecule has 1 spiro atoms. The third-order valence-corrected chi connectivity index (χ3v) is 9.97. The summed E-state index contributed by atoms with van der Waals surface area (Å²) in [6, 6.07) is 10.1. The number of amides is 1. The summed E-state index contributed by atoms with van der Waals surface area (Å²) >= 11 is 0. The highest BCUT2D eigenvalue weighted by atomic mass is 32.2. The van der Waals surface area contributed by atoms with Gasteiger partial charge in [0.25, 0.3) is 5.91 Å². The average molecular weight is 527 g/mol. The van der Waals surface area contributed by atoms with Crippen LogP contribution in [0.1, 0.15) is 63.2 Å². The average Bonchev–Trinajstić information content (AvgIpc) is 3.44. The van der Waals surface area contributed by atoms with E-state index >= 15 is 0 Å². The number of piperidine rings is 1. The molecule has 5 rings (SSSR count). The number of pyridine rings is 1. The molecule has 0 unspecified atom stereocenters. The van der Waals surface area contributed by atoms with Gasteiger partial charge in [0.1, 0.15) is 11.6 Å². The summed E-state index contributed by atoms with van der Waals surface area (Å²) in [6.45, 7) is 8.67. The van der Waals surface area contributed by atoms with Crippen LogP contribution in [0.4, 0.5) is 17.3 Å². The molecule has 3 heterocycles. The van der Waals surface area contributed by atoms with Crippen molar-refractivity contribution in [2.75, 3.05) is 47.0 Å². The van der Waals surface area contributed by atoms with Gasteiger partial charge in [-0.1, -0.05) is 26.8 Å². The topological polar surface area (TPSA) is 103 Å². The van der Waals surface area contributed by atoms with Gasteiger partial charge >= 0.3 is 0 Å². The predicted molar refractivity (Wildman–Crippen MR) is 146 cm³/mol. The van der Waals surface area contributed by atoms with Crippen LogP contribution >= 0.6 is 0 Å². The predicted octanol–water partition coefficient (Wildman–Crippen LogP) is 4.11. The highest BCUT2D eigenvalue weighted by Gasteiger charge is 2.45. The first-order chi connectivity index (χ1) is 17.4. The molecule has 0 radical (unpaired) electrons. The van der Waals surface area contributed by atoms with Gasteiger partial charge in [-0.25, -0.2) is 13.4 Å². The van der Waals surface area contributed by atoms with E-state index in [1.807, 2.05) is 26.8 Å². The number of nitrogens with one attached hydrogen (secondary N) is 1. The molecule has 0 bridgehead atoms. The number of nitrogens with zero attached hydrogens (tertiary/aromatic N) is 3. The Balaban J connectivity index is 1.40. The van der Waals surface area contributed by atoms with Crippen molar-refractivity contribution in [3.8, 4) is 0 Å². The molecular weight excluding hydrogens is 488 g/mol. The van der Waals surface area contributed by atoms with Crippen LogP contribution < -0.4 is 15.1 Å². The number of sulfone groups is 1. The maximum atomic E-state index is 13.5. The van der Waals surface area contributed by atoms with Gasteiger partial charge < -0.3 is 20.2 Å². The van der Waals surface area contributed by atoms with Crippen LogP contribution in [-0.4, -0.2) is 62.5 Å². The Morgan fingerprint density at radius 1 is 1.08 bits per heavy atom. The number of aliphatic hydroxyl groups is 1. The lowest BCUT2D eigenvalue weighted by Crippen LogP contribution is -2.37. The Bertz CT molecular complexity index is 1270. The third kappa shape index (κ3) is 5.93. The SMILES string of the molecule is CC(C)(C)CS(=O)(=O)c1cccc(NC(=O)c2ccc(N3CC[C@H](O)C3)nc2N2CCC3(CC2)CC3)c1. The largest absolute Gasteiger partial charge is 0.391 e. The maximum Gasteiger partial charge on any atom is 0.259 e. The van der Waals surface area contributed by atoms with Gasteiger partial charge in [0, 0.05) is 31.9 Å². The fraction of sp³-hybridized carbons (Fsp3) is 0.571. The first kappa shape index (κ1) is 26.0. The zero-order valence-electron chi connectivity index (χ0n) is 22.0. The van der Waals surface area contributed by atoms with Crippen LogP contribution in [0.25, 0.3) is 0 Å². The number of anilines is 3. The zero-order chi connectivity index (χ0) is 26.4. The molecule has 37 heavy (non-hydrogen) atoms. The molecule has 2 N–H and O–H groups in total. The van der Waals surface area contributed by atoms with Gasteiger partial charge in [-0.15, -0.1) is 0 Å². The van der Waals surface area contributed by atoms with Crippen molar-refractivity contribution in [1.82, 2.24) is 4.98 Å². The van der Waals surface area contributed by atoms with Gasteiger partial charge in [0.05, 0.1) is 22.3 Å². The van der Waals surface area contributed by atoms with E-state index in [1.54, 1.807) is 24.3 Å². The molecule has 2 aliphatic heterocycles. The Hall–Kier alpha value is -2.65. The minimum atomic E-state index is -3.49. The number of aromatic nitrogens is 1. The van der Waals surface area contributed by atoms with Crippen LogP contribution in [0, 0.1) is 10.8 Å². The second-order valence-electron chi connectivity index (χ2n) is 12.2. The monoisotopic (exact) mass is 526 g/mol. The number of rotatable bonds is 6. The molecular formula is C28H38N4O4S. The minimum absolute atomic E-state index is 0.0224. The van der Waals surface area contributed by atoms with E-state index in [1.165, 1.54) is 18.9 Å². The summed E-state index contributed by atoms with van der Waals surface area (Å²) in [5.41, 5.74) is 1.03. The van der Waals surface area contributed by atoms with E-state index in [2.05, 4.69) is 15.1 Å². The van der Waals surface area contributed by atoms with Crippen molar-refractivity contribution in [2.24, 2.45) is 10.8 Å². The molecule has 1 aliphatic carbocycles. The van der Waals surface area contributed by atoms with E-state index in [0.29, 0.717) is 35.4 Å². The van der Waals surface area contributed by atoms with Gasteiger partial charge in [0.2, 0.25) is 0 Å². The van der Waals surface area contributed by atoms with Crippen LogP contribution in [-0.2, 0) is 9.84 Å². The second kappa shape index (κ2) is 9.58. The highest BCUT2D eigenvalue weighted by molar-refractivity contribution is 7.91.